The molecular weight excluding hydrogens is 305 g/mol. The summed E-state index contributed by atoms with van der Waals surface area (Å²) in [7, 11) is 0. The van der Waals surface area contributed by atoms with E-state index in [0.29, 0.717) is 4.47 Å². The van der Waals surface area contributed by atoms with Gasteiger partial charge < -0.3 is 10.4 Å². The largest absolute Gasteiger partial charge is 0.481 e. The van der Waals surface area contributed by atoms with Crippen molar-refractivity contribution in [3.8, 4) is 0 Å². The van der Waals surface area contributed by atoms with Crippen LogP contribution in [-0.4, -0.2) is 23.5 Å². The number of benzene rings is 1. The Morgan fingerprint density at radius 1 is 1.50 bits per heavy atom. The van der Waals surface area contributed by atoms with Crippen LogP contribution >= 0.6 is 15.9 Å². The zero-order valence-corrected chi connectivity index (χ0v) is 11.3. The van der Waals surface area contributed by atoms with E-state index in [2.05, 4.69) is 21.2 Å². The number of hydrogen-bond acceptors (Lipinski definition) is 2. The highest BCUT2D eigenvalue weighted by Crippen LogP contribution is 2.15. The molecule has 1 atom stereocenters. The van der Waals surface area contributed by atoms with Crippen molar-refractivity contribution >= 4 is 27.8 Å². The molecule has 0 fully saturated rings. The first kappa shape index (κ1) is 14.6. The van der Waals surface area contributed by atoms with E-state index < -0.39 is 17.7 Å². The average molecular weight is 318 g/mol. The summed E-state index contributed by atoms with van der Waals surface area (Å²) in [5, 5.41) is 11.1. The van der Waals surface area contributed by atoms with Gasteiger partial charge in [-0.2, -0.15) is 0 Å². The number of halogens is 2. The molecule has 1 amide bonds. The molecule has 0 aromatic heterocycles. The van der Waals surface area contributed by atoms with Gasteiger partial charge >= 0.3 is 5.97 Å². The van der Waals surface area contributed by atoms with E-state index in [4.69, 9.17) is 5.11 Å². The molecule has 0 bridgehead atoms. The van der Waals surface area contributed by atoms with Crippen LogP contribution in [-0.2, 0) is 4.79 Å². The summed E-state index contributed by atoms with van der Waals surface area (Å²) in [6.07, 6.45) is -0.0404. The second-order valence-corrected chi connectivity index (χ2v) is 4.95. The molecule has 0 saturated carbocycles. The molecule has 1 rings (SSSR count). The summed E-state index contributed by atoms with van der Waals surface area (Å²) in [5.41, 5.74) is -0.0631. The van der Waals surface area contributed by atoms with Crippen LogP contribution in [0.3, 0.4) is 0 Å². The number of carboxylic acids is 1. The van der Waals surface area contributed by atoms with Gasteiger partial charge in [-0.25, -0.2) is 4.39 Å². The normalized spacial score (nSPS) is 11.9. The van der Waals surface area contributed by atoms with Crippen molar-refractivity contribution in [2.24, 2.45) is 5.92 Å². The van der Waals surface area contributed by atoms with Gasteiger partial charge in [0.1, 0.15) is 5.82 Å². The second-order valence-electron chi connectivity index (χ2n) is 4.04. The Morgan fingerprint density at radius 2 is 2.17 bits per heavy atom. The van der Waals surface area contributed by atoms with Crippen LogP contribution in [0.5, 0.6) is 0 Å². The summed E-state index contributed by atoms with van der Waals surface area (Å²) in [4.78, 5) is 22.1. The Labute approximate surface area is 112 Å². The number of nitrogens with one attached hydrogen (secondary N) is 1. The second kappa shape index (κ2) is 6.49. The van der Waals surface area contributed by atoms with Crippen LogP contribution < -0.4 is 5.32 Å². The van der Waals surface area contributed by atoms with Crippen molar-refractivity contribution in [2.75, 3.05) is 6.54 Å². The lowest BCUT2D eigenvalue weighted by Gasteiger charge is -2.10. The van der Waals surface area contributed by atoms with E-state index in [9.17, 15) is 14.0 Å². The number of aliphatic carboxylic acids is 1. The van der Waals surface area contributed by atoms with Gasteiger partial charge in [0.2, 0.25) is 0 Å². The van der Waals surface area contributed by atoms with Gasteiger partial charge in [0.05, 0.1) is 5.56 Å². The third-order valence-corrected chi connectivity index (χ3v) is 2.80. The van der Waals surface area contributed by atoms with Gasteiger partial charge in [0.25, 0.3) is 5.91 Å². The minimum absolute atomic E-state index is 0.0404. The molecule has 4 nitrogen and oxygen atoms in total. The van der Waals surface area contributed by atoms with E-state index in [0.717, 1.165) is 0 Å². The molecule has 1 aromatic carbocycles. The average Bonchev–Trinajstić information content (AvgIpc) is 2.28. The first-order valence-electron chi connectivity index (χ1n) is 5.35. The Balaban J connectivity index is 2.60. The minimum Gasteiger partial charge on any atom is -0.481 e. The van der Waals surface area contributed by atoms with Crippen LogP contribution in [0.1, 0.15) is 23.7 Å². The zero-order chi connectivity index (χ0) is 13.7. The lowest BCUT2D eigenvalue weighted by molar-refractivity contribution is -0.137. The first-order valence-corrected chi connectivity index (χ1v) is 6.14. The molecule has 0 aliphatic rings. The standard InChI is InChI=1S/C12H13BrFNO3/c1-7(4-11(16)17)6-15-12(18)9-5-8(13)2-3-10(9)14/h2-3,5,7H,4,6H2,1H3,(H,15,18)(H,16,17). The third-order valence-electron chi connectivity index (χ3n) is 2.31. The zero-order valence-electron chi connectivity index (χ0n) is 9.74. The van der Waals surface area contributed by atoms with Crippen molar-refractivity contribution in [2.45, 2.75) is 13.3 Å². The van der Waals surface area contributed by atoms with Crippen LogP contribution in [0.4, 0.5) is 4.39 Å². The topological polar surface area (TPSA) is 66.4 Å². The molecule has 0 heterocycles. The molecule has 0 spiro atoms. The highest BCUT2D eigenvalue weighted by Gasteiger charge is 2.14. The highest BCUT2D eigenvalue weighted by molar-refractivity contribution is 9.10. The molecule has 0 aliphatic heterocycles. The maximum absolute atomic E-state index is 13.4. The lowest BCUT2D eigenvalue weighted by atomic mass is 10.1. The van der Waals surface area contributed by atoms with Crippen LogP contribution in [0, 0.1) is 11.7 Å². The predicted octanol–water partition coefficient (Wildman–Crippen LogP) is 2.43. The van der Waals surface area contributed by atoms with Crippen molar-refractivity contribution in [1.29, 1.82) is 0 Å². The number of rotatable bonds is 5. The van der Waals surface area contributed by atoms with Crippen molar-refractivity contribution < 1.29 is 19.1 Å². The third kappa shape index (κ3) is 4.44. The molecule has 0 aliphatic carbocycles. The molecule has 0 saturated heterocycles. The molecule has 6 heteroatoms. The molecule has 1 aromatic rings. The van der Waals surface area contributed by atoms with Crippen molar-refractivity contribution in [1.82, 2.24) is 5.32 Å². The monoisotopic (exact) mass is 317 g/mol. The van der Waals surface area contributed by atoms with E-state index in [1.165, 1.54) is 18.2 Å². The Hall–Kier alpha value is -1.43. The van der Waals surface area contributed by atoms with E-state index in [1.54, 1.807) is 6.92 Å². The number of carboxylic acid groups (broad SMARTS) is 1. The van der Waals surface area contributed by atoms with Crippen molar-refractivity contribution in [3.63, 3.8) is 0 Å². The first-order chi connectivity index (χ1) is 8.40. The highest BCUT2D eigenvalue weighted by atomic mass is 79.9. The summed E-state index contributed by atoms with van der Waals surface area (Å²) in [6, 6.07) is 4.07. The van der Waals surface area contributed by atoms with Gasteiger partial charge in [-0.1, -0.05) is 22.9 Å². The maximum Gasteiger partial charge on any atom is 0.303 e. The van der Waals surface area contributed by atoms with E-state index in [-0.39, 0.29) is 24.4 Å². The summed E-state index contributed by atoms with van der Waals surface area (Å²) in [5.74, 6) is -2.29. The Kier molecular flexibility index (Phi) is 5.27. The van der Waals surface area contributed by atoms with Gasteiger partial charge in [-0.05, 0) is 24.1 Å². The number of amides is 1. The van der Waals surface area contributed by atoms with Crippen LogP contribution in [0.2, 0.25) is 0 Å². The quantitative estimate of drug-likeness (QED) is 0.876. The van der Waals surface area contributed by atoms with E-state index >= 15 is 0 Å². The minimum atomic E-state index is -0.926. The van der Waals surface area contributed by atoms with Crippen LogP contribution in [0.25, 0.3) is 0 Å². The molecule has 2 N–H and O–H groups in total. The molecule has 1 unspecified atom stereocenters. The van der Waals surface area contributed by atoms with Gasteiger partial charge in [-0.15, -0.1) is 0 Å². The Morgan fingerprint density at radius 3 is 2.78 bits per heavy atom. The van der Waals surface area contributed by atoms with Gasteiger partial charge in [0, 0.05) is 17.4 Å². The van der Waals surface area contributed by atoms with Crippen LogP contribution in [0.15, 0.2) is 22.7 Å². The fourth-order valence-electron chi connectivity index (χ4n) is 1.40. The number of carbonyl (C=O) groups excluding carboxylic acids is 1. The molecule has 18 heavy (non-hydrogen) atoms. The fraction of sp³-hybridized carbons (Fsp3) is 0.333. The van der Waals surface area contributed by atoms with E-state index in [1.807, 2.05) is 0 Å². The fourth-order valence-corrected chi connectivity index (χ4v) is 1.77. The molecule has 0 radical (unpaired) electrons. The Bertz CT molecular complexity index is 465. The SMILES string of the molecule is CC(CNC(=O)c1cc(Br)ccc1F)CC(=O)O. The summed E-state index contributed by atoms with van der Waals surface area (Å²) >= 11 is 3.15. The molecule has 98 valence electrons. The number of carbonyl (C=O) groups is 2. The lowest BCUT2D eigenvalue weighted by Crippen LogP contribution is -2.29. The van der Waals surface area contributed by atoms with Gasteiger partial charge in [-0.3, -0.25) is 9.59 Å². The molecular formula is C12H13BrFNO3. The van der Waals surface area contributed by atoms with Gasteiger partial charge in [0.15, 0.2) is 0 Å². The summed E-state index contributed by atoms with van der Waals surface area (Å²) in [6.45, 7) is 1.89. The van der Waals surface area contributed by atoms with Crippen molar-refractivity contribution in [3.05, 3.63) is 34.1 Å². The number of hydrogen-bond donors (Lipinski definition) is 2. The smallest absolute Gasteiger partial charge is 0.303 e. The predicted molar refractivity (Wildman–Crippen MR) is 67.9 cm³/mol. The maximum atomic E-state index is 13.4. The summed E-state index contributed by atoms with van der Waals surface area (Å²) < 4.78 is 14.0.